The third-order valence-electron chi connectivity index (χ3n) is 10.7. The number of aliphatic carboxylic acids is 1. The van der Waals surface area contributed by atoms with Crippen molar-refractivity contribution in [3.8, 4) is 0 Å². The van der Waals surface area contributed by atoms with Gasteiger partial charge in [-0.1, -0.05) is 181 Å². The molecule has 2 atom stereocenters. The Morgan fingerprint density at radius 1 is 0.462 bits per heavy atom. The quantitative estimate of drug-likeness (QED) is 0.0260. The van der Waals surface area contributed by atoms with Gasteiger partial charge in [-0.05, 0) is 89.9 Å². The first-order chi connectivity index (χ1) is 31.6. The van der Waals surface area contributed by atoms with E-state index in [4.69, 9.17) is 14.2 Å². The highest BCUT2D eigenvalue weighted by atomic mass is 16.6. The lowest BCUT2D eigenvalue weighted by atomic mass is 10.0. The molecule has 0 aliphatic heterocycles. The lowest BCUT2D eigenvalue weighted by Crippen LogP contribution is -2.55. The fourth-order valence-electron chi connectivity index (χ4n) is 6.80. The summed E-state index contributed by atoms with van der Waals surface area (Å²) in [5, 5.41) is 11.7. The van der Waals surface area contributed by atoms with Crippen molar-refractivity contribution in [2.75, 3.05) is 41.0 Å². The highest BCUT2D eigenvalue weighted by Crippen LogP contribution is 2.14. The summed E-state index contributed by atoms with van der Waals surface area (Å²) in [7, 11) is 5.38. The van der Waals surface area contributed by atoms with Gasteiger partial charge in [-0.3, -0.25) is 9.59 Å². The smallest absolute Gasteiger partial charge is 0.306 e. The average molecular weight is 904 g/mol. The Bertz CT molecular complexity index is 1420. The molecule has 0 aromatic rings. The Morgan fingerprint density at radius 3 is 1.25 bits per heavy atom. The molecule has 8 nitrogen and oxygen atoms in total. The van der Waals surface area contributed by atoms with Crippen molar-refractivity contribution in [2.24, 2.45) is 0 Å². The molecule has 0 aliphatic carbocycles. The molecule has 0 saturated carbocycles. The van der Waals surface area contributed by atoms with E-state index in [0.29, 0.717) is 12.8 Å². The molecule has 0 bridgehead atoms. The van der Waals surface area contributed by atoms with Crippen LogP contribution in [-0.2, 0) is 28.6 Å². The van der Waals surface area contributed by atoms with Gasteiger partial charge in [0.25, 0.3) is 0 Å². The number of carbonyl (C=O) groups is 3. The van der Waals surface area contributed by atoms with E-state index >= 15 is 0 Å². The Labute approximate surface area is 398 Å². The van der Waals surface area contributed by atoms with Gasteiger partial charge in [-0.15, -0.1) is 0 Å². The summed E-state index contributed by atoms with van der Waals surface area (Å²) in [6.07, 6.45) is 64.1. The molecule has 65 heavy (non-hydrogen) atoms. The molecule has 0 aromatic heterocycles. The van der Waals surface area contributed by atoms with E-state index in [2.05, 4.69) is 123 Å². The van der Waals surface area contributed by atoms with Crippen LogP contribution in [0.15, 0.2) is 109 Å². The first-order valence-corrected chi connectivity index (χ1v) is 25.4. The van der Waals surface area contributed by atoms with Gasteiger partial charge in [0.2, 0.25) is 0 Å². The van der Waals surface area contributed by atoms with Crippen LogP contribution in [0.5, 0.6) is 0 Å². The van der Waals surface area contributed by atoms with Crippen molar-refractivity contribution in [1.82, 2.24) is 0 Å². The zero-order valence-electron chi connectivity index (χ0n) is 41.9. The van der Waals surface area contributed by atoms with E-state index in [9.17, 15) is 19.5 Å². The molecule has 0 aliphatic rings. The monoisotopic (exact) mass is 904 g/mol. The fraction of sp³-hybridized carbons (Fsp3) is 0.632. The maximum absolute atomic E-state index is 12.8. The summed E-state index contributed by atoms with van der Waals surface area (Å²) in [5.74, 6) is -1.83. The minimum Gasteiger partial charge on any atom is -0.544 e. The van der Waals surface area contributed by atoms with Crippen LogP contribution in [0.2, 0.25) is 0 Å². The third-order valence-corrected chi connectivity index (χ3v) is 10.7. The van der Waals surface area contributed by atoms with Crippen molar-refractivity contribution < 1.29 is 38.2 Å². The number of hydrogen-bond donors (Lipinski definition) is 0. The van der Waals surface area contributed by atoms with Crippen LogP contribution < -0.4 is 5.11 Å². The van der Waals surface area contributed by atoms with Crippen molar-refractivity contribution in [3.63, 3.8) is 0 Å². The van der Waals surface area contributed by atoms with E-state index in [1.807, 2.05) is 0 Å². The van der Waals surface area contributed by atoms with Crippen LogP contribution in [-0.4, -0.2) is 75.5 Å². The molecule has 2 unspecified atom stereocenters. The molecule has 0 amide bonds. The van der Waals surface area contributed by atoms with Gasteiger partial charge in [0, 0.05) is 19.3 Å². The first-order valence-electron chi connectivity index (χ1n) is 25.4. The topological polar surface area (TPSA) is 102 Å². The van der Waals surface area contributed by atoms with E-state index in [1.165, 1.54) is 57.8 Å². The van der Waals surface area contributed by atoms with Crippen LogP contribution in [0, 0.1) is 0 Å². The SMILES string of the molecule is CC/C=C/C/C=C/C/C=C/C/C=C/C/C=C/C/C=C/CCCC(=O)OC(COCCC(C(=O)[O-])[N+](C)(C)C)COC(=O)CCCCCCCCCCCCC/C=C/C/C=C/C/C=C/CC. The predicted octanol–water partition coefficient (Wildman–Crippen LogP) is 13.5. The number of carboxylic acids is 1. The van der Waals surface area contributed by atoms with Crippen LogP contribution in [0.4, 0.5) is 0 Å². The van der Waals surface area contributed by atoms with Gasteiger partial charge >= 0.3 is 11.9 Å². The maximum Gasteiger partial charge on any atom is 0.306 e. The largest absolute Gasteiger partial charge is 0.544 e. The number of nitrogens with zero attached hydrogens (tertiary/aromatic N) is 1. The van der Waals surface area contributed by atoms with Crippen LogP contribution in [0.3, 0.4) is 0 Å². The molecule has 0 radical (unpaired) electrons. The van der Waals surface area contributed by atoms with E-state index in [-0.39, 0.29) is 49.1 Å². The van der Waals surface area contributed by atoms with Gasteiger partial charge in [0.1, 0.15) is 12.6 Å². The molecular formula is C57H93NO7. The molecule has 8 heteroatoms. The Morgan fingerprint density at radius 2 is 0.831 bits per heavy atom. The highest BCUT2D eigenvalue weighted by molar-refractivity contribution is 5.70. The second kappa shape index (κ2) is 46.5. The van der Waals surface area contributed by atoms with Crippen molar-refractivity contribution in [3.05, 3.63) is 109 Å². The van der Waals surface area contributed by atoms with Gasteiger partial charge in [-0.25, -0.2) is 0 Å². The number of allylic oxidation sites excluding steroid dienone is 18. The Balaban J connectivity index is 4.36. The number of carboxylic acid groups (broad SMARTS) is 1. The van der Waals surface area contributed by atoms with Gasteiger partial charge in [0.05, 0.1) is 40.3 Å². The average Bonchev–Trinajstić information content (AvgIpc) is 3.27. The third kappa shape index (κ3) is 45.0. The summed E-state index contributed by atoms with van der Waals surface area (Å²) >= 11 is 0. The molecule has 0 rings (SSSR count). The highest BCUT2D eigenvalue weighted by Gasteiger charge is 2.25. The van der Waals surface area contributed by atoms with Gasteiger partial charge < -0.3 is 28.6 Å². The van der Waals surface area contributed by atoms with Crippen LogP contribution in [0.25, 0.3) is 0 Å². The van der Waals surface area contributed by atoms with E-state index in [0.717, 1.165) is 83.5 Å². The Kier molecular flexibility index (Phi) is 43.6. The number of likely N-dealkylation sites (N-methyl/N-ethyl adjacent to an activating group) is 1. The summed E-state index contributed by atoms with van der Waals surface area (Å²) in [6.45, 7) is 4.37. The first kappa shape index (κ1) is 61.0. The lowest BCUT2D eigenvalue weighted by Gasteiger charge is -2.34. The number of rotatable bonds is 44. The lowest BCUT2D eigenvalue weighted by molar-refractivity contribution is -0.889. The molecule has 0 aromatic carbocycles. The van der Waals surface area contributed by atoms with Crippen LogP contribution in [0.1, 0.15) is 181 Å². The molecule has 0 heterocycles. The van der Waals surface area contributed by atoms with Gasteiger partial charge in [-0.2, -0.15) is 0 Å². The summed E-state index contributed by atoms with van der Waals surface area (Å²) < 4.78 is 17.2. The van der Waals surface area contributed by atoms with Crippen molar-refractivity contribution >= 4 is 17.9 Å². The van der Waals surface area contributed by atoms with E-state index < -0.39 is 18.1 Å². The number of ether oxygens (including phenoxy) is 3. The molecule has 0 N–H and O–H groups in total. The predicted molar refractivity (Wildman–Crippen MR) is 272 cm³/mol. The summed E-state index contributed by atoms with van der Waals surface area (Å²) in [6, 6.07) is -0.743. The normalized spacial score (nSPS) is 13.8. The van der Waals surface area contributed by atoms with Gasteiger partial charge in [0.15, 0.2) is 6.10 Å². The fourth-order valence-corrected chi connectivity index (χ4v) is 6.80. The molecular weight excluding hydrogens is 811 g/mol. The number of unbranched alkanes of at least 4 members (excludes halogenated alkanes) is 12. The van der Waals surface area contributed by atoms with Crippen LogP contribution >= 0.6 is 0 Å². The van der Waals surface area contributed by atoms with Crippen molar-refractivity contribution in [2.45, 2.75) is 193 Å². The summed E-state index contributed by atoms with van der Waals surface area (Å²) in [5.41, 5.74) is 0. The second-order valence-corrected chi connectivity index (χ2v) is 17.6. The maximum atomic E-state index is 12.8. The summed E-state index contributed by atoms with van der Waals surface area (Å²) in [4.78, 5) is 37.0. The molecule has 368 valence electrons. The van der Waals surface area contributed by atoms with E-state index in [1.54, 1.807) is 21.1 Å². The second-order valence-electron chi connectivity index (χ2n) is 17.6. The number of esters is 2. The Hall–Kier alpha value is -4.01. The zero-order chi connectivity index (χ0) is 47.7. The molecule has 0 spiro atoms. The van der Waals surface area contributed by atoms with Crippen molar-refractivity contribution in [1.29, 1.82) is 0 Å². The number of quaternary nitrogens is 1. The molecule has 0 saturated heterocycles. The minimum atomic E-state index is -1.14. The number of carbonyl (C=O) groups excluding carboxylic acids is 3. The molecule has 0 fully saturated rings. The number of hydrogen-bond acceptors (Lipinski definition) is 7. The zero-order valence-corrected chi connectivity index (χ0v) is 41.9. The standard InChI is InChI=1S/C57H93NO7/c1-6-8-10-12-14-16-18-20-22-24-26-28-30-31-33-35-37-39-41-43-45-47-55(59)64-52-53(51-63-50-49-54(57(61)62)58(3,4)5)65-56(60)48-46-44-42-40-38-36-34-32-29-27-25-23-21-19-17-15-13-11-9-7-2/h8-11,14-17,20-23,27,29,34,36,40,42,53-54H,6-7,12-13,18-19,24-26,28,30-33,35,37-39,41,43-52H2,1-5H3/b10-8+,11-9+,16-14+,17-15+,22-20+,23-21+,29-27+,36-34+,42-40+. The minimum absolute atomic E-state index is 0.0102.